The third kappa shape index (κ3) is 0.928. The van der Waals surface area contributed by atoms with Gasteiger partial charge in [-0.25, -0.2) is 4.98 Å². The van der Waals surface area contributed by atoms with Crippen LogP contribution < -0.4 is 11.1 Å². The SMILES string of the molecule is CNc1[nH]cnc1C(=N)N. The van der Waals surface area contributed by atoms with Crippen molar-refractivity contribution in [3.05, 3.63) is 12.0 Å². The first kappa shape index (κ1) is 6.60. The van der Waals surface area contributed by atoms with Crippen molar-refractivity contribution in [1.82, 2.24) is 9.97 Å². The molecule has 0 spiro atoms. The van der Waals surface area contributed by atoms with E-state index in [1.54, 1.807) is 7.05 Å². The fraction of sp³-hybridized carbons (Fsp3) is 0.200. The Bertz CT molecular complexity index is 238. The van der Waals surface area contributed by atoms with E-state index in [1.165, 1.54) is 6.33 Å². The molecule has 0 radical (unpaired) electrons. The molecule has 1 heterocycles. The maximum absolute atomic E-state index is 7.05. The van der Waals surface area contributed by atoms with E-state index >= 15 is 0 Å². The van der Waals surface area contributed by atoms with Gasteiger partial charge >= 0.3 is 0 Å². The molecule has 0 saturated heterocycles. The molecule has 5 N–H and O–H groups in total. The Morgan fingerprint density at radius 3 is 3.00 bits per heavy atom. The van der Waals surface area contributed by atoms with E-state index < -0.39 is 0 Å². The molecule has 5 nitrogen and oxygen atoms in total. The summed E-state index contributed by atoms with van der Waals surface area (Å²) in [6.07, 6.45) is 1.49. The number of nitrogen functional groups attached to an aromatic ring is 1. The molecule has 1 aromatic heterocycles. The second-order valence-corrected chi connectivity index (χ2v) is 1.79. The van der Waals surface area contributed by atoms with Crippen LogP contribution in [-0.4, -0.2) is 22.9 Å². The number of H-pyrrole nitrogens is 1. The molecule has 0 fully saturated rings. The number of amidine groups is 1. The third-order valence-electron chi connectivity index (χ3n) is 1.14. The Kier molecular flexibility index (Phi) is 1.57. The Hall–Kier alpha value is -1.52. The van der Waals surface area contributed by atoms with Crippen LogP contribution in [0.5, 0.6) is 0 Å². The molecule has 0 saturated carbocycles. The molecule has 0 aliphatic heterocycles. The molecule has 0 amide bonds. The highest BCUT2D eigenvalue weighted by molar-refractivity contribution is 5.97. The molecule has 0 bridgehead atoms. The highest BCUT2D eigenvalue weighted by atomic mass is 15.0. The van der Waals surface area contributed by atoms with Gasteiger partial charge in [0.15, 0.2) is 0 Å². The van der Waals surface area contributed by atoms with Crippen LogP contribution in [0.1, 0.15) is 5.69 Å². The summed E-state index contributed by atoms with van der Waals surface area (Å²) >= 11 is 0. The summed E-state index contributed by atoms with van der Waals surface area (Å²) in [5.41, 5.74) is 5.66. The van der Waals surface area contributed by atoms with Crippen LogP contribution in [0, 0.1) is 5.41 Å². The lowest BCUT2D eigenvalue weighted by atomic mass is 10.4. The molecule has 0 unspecified atom stereocenters. The molecular weight excluding hydrogens is 130 g/mol. The summed E-state index contributed by atoms with van der Waals surface area (Å²) in [6, 6.07) is 0. The molecule has 0 atom stereocenters. The number of hydrogen-bond donors (Lipinski definition) is 4. The minimum Gasteiger partial charge on any atom is -0.382 e. The van der Waals surface area contributed by atoms with Gasteiger partial charge in [0, 0.05) is 7.05 Å². The second kappa shape index (κ2) is 2.38. The summed E-state index contributed by atoms with van der Waals surface area (Å²) in [6.45, 7) is 0. The minimum atomic E-state index is -0.0365. The maximum Gasteiger partial charge on any atom is 0.146 e. The molecule has 5 heteroatoms. The summed E-state index contributed by atoms with van der Waals surface area (Å²) in [5, 5.41) is 9.87. The fourth-order valence-electron chi connectivity index (χ4n) is 0.689. The molecule has 1 aromatic rings. The fourth-order valence-corrected chi connectivity index (χ4v) is 0.689. The number of rotatable bonds is 2. The zero-order chi connectivity index (χ0) is 7.56. The van der Waals surface area contributed by atoms with Crippen LogP contribution >= 0.6 is 0 Å². The molecular formula is C5H9N5. The van der Waals surface area contributed by atoms with Gasteiger partial charge in [-0.3, -0.25) is 5.41 Å². The molecule has 0 aliphatic rings. The van der Waals surface area contributed by atoms with Crippen molar-refractivity contribution in [2.24, 2.45) is 5.73 Å². The zero-order valence-corrected chi connectivity index (χ0v) is 5.60. The lowest BCUT2D eigenvalue weighted by molar-refractivity contribution is 1.29. The van der Waals surface area contributed by atoms with Crippen LogP contribution in [0.4, 0.5) is 5.82 Å². The van der Waals surface area contributed by atoms with Crippen molar-refractivity contribution in [2.75, 3.05) is 12.4 Å². The summed E-state index contributed by atoms with van der Waals surface area (Å²) in [4.78, 5) is 6.61. The average molecular weight is 139 g/mol. The minimum absolute atomic E-state index is 0.0365. The van der Waals surface area contributed by atoms with Crippen LogP contribution in [0.25, 0.3) is 0 Å². The first-order chi connectivity index (χ1) is 4.75. The highest BCUT2D eigenvalue weighted by Gasteiger charge is 2.04. The molecule has 0 aromatic carbocycles. The topological polar surface area (TPSA) is 90.6 Å². The molecule has 54 valence electrons. The van der Waals surface area contributed by atoms with Crippen molar-refractivity contribution in [3.8, 4) is 0 Å². The summed E-state index contributed by atoms with van der Waals surface area (Å²) in [5.74, 6) is 0.637. The Morgan fingerprint density at radius 1 is 1.90 bits per heavy atom. The largest absolute Gasteiger partial charge is 0.382 e. The number of aromatic amines is 1. The second-order valence-electron chi connectivity index (χ2n) is 1.79. The van der Waals surface area contributed by atoms with Crippen LogP contribution in [0.3, 0.4) is 0 Å². The predicted octanol–water partition coefficient (Wildman–Crippen LogP) is -0.265. The number of nitrogens with two attached hydrogens (primary N) is 1. The van der Waals surface area contributed by atoms with Gasteiger partial charge in [-0.15, -0.1) is 0 Å². The molecule has 1 rings (SSSR count). The predicted molar refractivity (Wildman–Crippen MR) is 39.2 cm³/mol. The van der Waals surface area contributed by atoms with Crippen molar-refractivity contribution in [1.29, 1.82) is 5.41 Å². The van der Waals surface area contributed by atoms with Gasteiger partial charge in [-0.2, -0.15) is 0 Å². The highest BCUT2D eigenvalue weighted by Crippen LogP contribution is 2.05. The monoisotopic (exact) mass is 139 g/mol. The number of imidazole rings is 1. The average Bonchev–Trinajstić information content (AvgIpc) is 2.33. The summed E-state index contributed by atoms with van der Waals surface area (Å²) in [7, 11) is 1.74. The van der Waals surface area contributed by atoms with Gasteiger partial charge in [-0.1, -0.05) is 0 Å². The van der Waals surface area contributed by atoms with E-state index in [0.29, 0.717) is 11.5 Å². The van der Waals surface area contributed by atoms with Crippen LogP contribution in [-0.2, 0) is 0 Å². The van der Waals surface area contributed by atoms with Crippen molar-refractivity contribution >= 4 is 11.7 Å². The number of anilines is 1. The first-order valence-corrected chi connectivity index (χ1v) is 2.81. The third-order valence-corrected chi connectivity index (χ3v) is 1.14. The van der Waals surface area contributed by atoms with Gasteiger partial charge in [0.1, 0.15) is 17.3 Å². The van der Waals surface area contributed by atoms with Crippen molar-refractivity contribution in [2.45, 2.75) is 0 Å². The van der Waals surface area contributed by atoms with Gasteiger partial charge in [0.25, 0.3) is 0 Å². The summed E-state index contributed by atoms with van der Waals surface area (Å²) < 4.78 is 0. The zero-order valence-electron chi connectivity index (χ0n) is 5.60. The van der Waals surface area contributed by atoms with Gasteiger partial charge in [0.05, 0.1) is 6.33 Å². The van der Waals surface area contributed by atoms with Crippen LogP contribution in [0.2, 0.25) is 0 Å². The van der Waals surface area contributed by atoms with E-state index in [1.807, 2.05) is 0 Å². The van der Waals surface area contributed by atoms with E-state index in [-0.39, 0.29) is 5.84 Å². The quantitative estimate of drug-likeness (QED) is 0.336. The van der Waals surface area contributed by atoms with E-state index in [0.717, 1.165) is 0 Å². The lowest BCUT2D eigenvalue weighted by Gasteiger charge is -1.96. The number of hydrogen-bond acceptors (Lipinski definition) is 3. The van der Waals surface area contributed by atoms with Gasteiger partial charge in [0.2, 0.25) is 0 Å². The van der Waals surface area contributed by atoms with E-state index in [4.69, 9.17) is 11.1 Å². The van der Waals surface area contributed by atoms with Crippen LogP contribution in [0.15, 0.2) is 6.33 Å². The van der Waals surface area contributed by atoms with E-state index in [9.17, 15) is 0 Å². The first-order valence-electron chi connectivity index (χ1n) is 2.81. The number of nitrogens with one attached hydrogen (secondary N) is 3. The number of nitrogens with zero attached hydrogens (tertiary/aromatic N) is 1. The normalized spacial score (nSPS) is 9.30. The maximum atomic E-state index is 7.05. The Labute approximate surface area is 58.2 Å². The molecule has 10 heavy (non-hydrogen) atoms. The van der Waals surface area contributed by atoms with Gasteiger partial charge < -0.3 is 16.0 Å². The van der Waals surface area contributed by atoms with Gasteiger partial charge in [-0.05, 0) is 0 Å². The molecule has 0 aliphatic carbocycles. The Morgan fingerprint density at radius 2 is 2.60 bits per heavy atom. The smallest absolute Gasteiger partial charge is 0.146 e. The standard InChI is InChI=1S/C5H9N5/c1-8-5-3(4(6)7)9-2-10-5/h2,8H,1H3,(H3,6,7)(H,9,10). The Balaban J connectivity index is 3.01. The lowest BCUT2D eigenvalue weighted by Crippen LogP contribution is -2.13. The van der Waals surface area contributed by atoms with Crippen molar-refractivity contribution in [3.63, 3.8) is 0 Å². The van der Waals surface area contributed by atoms with E-state index in [2.05, 4.69) is 15.3 Å². The van der Waals surface area contributed by atoms with Crippen molar-refractivity contribution < 1.29 is 0 Å². The number of aromatic nitrogens is 2.